The fraction of sp³-hybridized carbons (Fsp3) is 0.967. The van der Waals surface area contributed by atoms with E-state index in [-0.39, 0.29) is 0 Å². The van der Waals surface area contributed by atoms with Gasteiger partial charge in [0, 0.05) is 6.42 Å². The molecule has 0 saturated heterocycles. The number of hydrogen-bond donors (Lipinski definition) is 1. The largest absolute Gasteiger partial charge is 0.481 e. The van der Waals surface area contributed by atoms with Crippen molar-refractivity contribution in [2.45, 2.75) is 168 Å². The van der Waals surface area contributed by atoms with Gasteiger partial charge < -0.3 is 10.0 Å². The van der Waals surface area contributed by atoms with Gasteiger partial charge in [0.15, 0.2) is 0 Å². The minimum absolute atomic E-state index is 0.345. The van der Waals surface area contributed by atoms with E-state index in [9.17, 15) is 4.79 Å². The maximum Gasteiger partial charge on any atom is 0.303 e. The molecule has 0 saturated carbocycles. The van der Waals surface area contributed by atoms with Crippen LogP contribution in [0.5, 0.6) is 0 Å². The highest BCUT2D eigenvalue weighted by Crippen LogP contribution is 2.13. The van der Waals surface area contributed by atoms with Crippen molar-refractivity contribution in [2.24, 2.45) is 0 Å². The third-order valence-corrected chi connectivity index (χ3v) is 6.45. The Bertz CT molecular complexity index is 357. The number of rotatable bonds is 25. The first kappa shape index (κ1) is 34.6. The predicted octanol–water partition coefficient (Wildman–Crippen LogP) is 10.0. The molecule has 0 amide bonds. The number of carbonyl (C=O) groups is 1. The highest BCUT2D eigenvalue weighted by molar-refractivity contribution is 5.66. The van der Waals surface area contributed by atoms with Gasteiger partial charge in [-0.3, -0.25) is 4.79 Å². The quantitative estimate of drug-likeness (QED) is 0.135. The molecule has 0 unspecified atom stereocenters. The van der Waals surface area contributed by atoms with E-state index in [0.29, 0.717) is 6.42 Å². The first-order valence-electron chi connectivity index (χ1n) is 14.9. The van der Waals surface area contributed by atoms with E-state index < -0.39 is 5.97 Å². The van der Waals surface area contributed by atoms with Gasteiger partial charge in [-0.05, 0) is 33.5 Å². The van der Waals surface area contributed by atoms with Crippen molar-refractivity contribution in [1.82, 2.24) is 4.90 Å². The van der Waals surface area contributed by atoms with Gasteiger partial charge in [0.05, 0.1) is 0 Å². The standard InChI is InChI=1S/C18H36O2.C12H27N/c1-2-3-4-5-6-7-8-9-10-11-12-13-14-15-16-17-18(19)20;1-4-5-6-7-8-9-10-11-12-13(2)3/h2-17H2,1H3,(H,19,20);4-12H2,1-3H3. The van der Waals surface area contributed by atoms with Crippen LogP contribution in [0, 0.1) is 0 Å². The average Bonchev–Trinajstić information content (AvgIpc) is 2.78. The lowest BCUT2D eigenvalue weighted by molar-refractivity contribution is -0.137. The van der Waals surface area contributed by atoms with Crippen molar-refractivity contribution in [3.05, 3.63) is 0 Å². The second-order valence-corrected chi connectivity index (χ2v) is 10.4. The van der Waals surface area contributed by atoms with Crippen LogP contribution < -0.4 is 0 Å². The lowest BCUT2D eigenvalue weighted by Crippen LogP contribution is -2.12. The van der Waals surface area contributed by atoms with E-state index in [1.807, 2.05) is 0 Å². The van der Waals surface area contributed by atoms with Gasteiger partial charge in [-0.15, -0.1) is 0 Å². The van der Waals surface area contributed by atoms with Crippen LogP contribution in [0.15, 0.2) is 0 Å². The average molecular weight is 470 g/mol. The summed E-state index contributed by atoms with van der Waals surface area (Å²) in [7, 11) is 4.31. The molecule has 1 N–H and O–H groups in total. The third-order valence-electron chi connectivity index (χ3n) is 6.45. The van der Waals surface area contributed by atoms with Crippen LogP contribution in [-0.4, -0.2) is 36.6 Å². The number of nitrogens with zero attached hydrogens (tertiary/aromatic N) is 1. The zero-order valence-corrected chi connectivity index (χ0v) is 23.5. The Kier molecular flexibility index (Phi) is 33.0. The molecule has 0 aromatic rings. The zero-order valence-electron chi connectivity index (χ0n) is 23.5. The fourth-order valence-corrected chi connectivity index (χ4v) is 4.21. The van der Waals surface area contributed by atoms with Crippen molar-refractivity contribution in [3.8, 4) is 0 Å². The van der Waals surface area contributed by atoms with E-state index in [0.717, 1.165) is 12.8 Å². The van der Waals surface area contributed by atoms with Crippen LogP contribution >= 0.6 is 0 Å². The van der Waals surface area contributed by atoms with Gasteiger partial charge in [-0.2, -0.15) is 0 Å². The Morgan fingerprint density at radius 2 is 0.758 bits per heavy atom. The Balaban J connectivity index is 0. The molecule has 0 aliphatic rings. The second-order valence-electron chi connectivity index (χ2n) is 10.4. The van der Waals surface area contributed by atoms with Crippen LogP contribution in [0.25, 0.3) is 0 Å². The highest BCUT2D eigenvalue weighted by atomic mass is 16.4. The molecule has 33 heavy (non-hydrogen) atoms. The van der Waals surface area contributed by atoms with Crippen LogP contribution in [-0.2, 0) is 4.79 Å². The van der Waals surface area contributed by atoms with Crippen molar-refractivity contribution in [2.75, 3.05) is 20.6 Å². The van der Waals surface area contributed by atoms with E-state index in [4.69, 9.17) is 5.11 Å². The molecular formula is C30H63NO2. The number of carboxylic acids is 1. The smallest absolute Gasteiger partial charge is 0.303 e. The lowest BCUT2D eigenvalue weighted by atomic mass is 10.0. The minimum atomic E-state index is -0.653. The minimum Gasteiger partial charge on any atom is -0.481 e. The maximum atomic E-state index is 10.3. The van der Waals surface area contributed by atoms with Gasteiger partial charge in [-0.1, -0.05) is 149 Å². The van der Waals surface area contributed by atoms with Crippen molar-refractivity contribution < 1.29 is 9.90 Å². The van der Waals surface area contributed by atoms with E-state index in [2.05, 4.69) is 32.8 Å². The summed E-state index contributed by atoms with van der Waals surface area (Å²) in [5, 5.41) is 8.52. The van der Waals surface area contributed by atoms with Gasteiger partial charge >= 0.3 is 5.97 Å². The van der Waals surface area contributed by atoms with Crippen molar-refractivity contribution in [3.63, 3.8) is 0 Å². The van der Waals surface area contributed by atoms with Crippen LogP contribution in [0.1, 0.15) is 168 Å². The van der Waals surface area contributed by atoms with Gasteiger partial charge in [0.25, 0.3) is 0 Å². The topological polar surface area (TPSA) is 40.5 Å². The molecule has 0 radical (unpaired) electrons. The third kappa shape index (κ3) is 39.0. The Morgan fingerprint density at radius 1 is 0.485 bits per heavy atom. The number of carboxylic acid groups (broad SMARTS) is 1. The Labute approximate surface area is 209 Å². The normalized spacial score (nSPS) is 10.9. The first-order chi connectivity index (χ1) is 16.0. The molecule has 3 nitrogen and oxygen atoms in total. The summed E-state index contributed by atoms with van der Waals surface area (Å²) in [4.78, 5) is 12.6. The summed E-state index contributed by atoms with van der Waals surface area (Å²) < 4.78 is 0. The SMILES string of the molecule is CCCCCCCCCCCCCCCCCC(=O)O.CCCCCCCCCCN(C)C. The number of hydrogen-bond acceptors (Lipinski definition) is 2. The molecule has 0 fully saturated rings. The van der Waals surface area contributed by atoms with Crippen molar-refractivity contribution >= 4 is 5.97 Å². The summed E-state index contributed by atoms with van der Waals surface area (Å²) >= 11 is 0. The molecule has 0 rings (SSSR count). The van der Waals surface area contributed by atoms with Gasteiger partial charge in [-0.25, -0.2) is 0 Å². The summed E-state index contributed by atoms with van der Waals surface area (Å²) in [6.45, 7) is 5.80. The van der Waals surface area contributed by atoms with E-state index in [1.165, 1.54) is 141 Å². The Hall–Kier alpha value is -0.570. The summed E-state index contributed by atoms with van der Waals surface area (Å²) in [5.74, 6) is -0.653. The van der Waals surface area contributed by atoms with E-state index in [1.54, 1.807) is 0 Å². The number of aliphatic carboxylic acids is 1. The fourth-order valence-electron chi connectivity index (χ4n) is 4.21. The number of unbranched alkanes of at least 4 members (excludes halogenated alkanes) is 21. The van der Waals surface area contributed by atoms with Crippen LogP contribution in [0.2, 0.25) is 0 Å². The van der Waals surface area contributed by atoms with Gasteiger partial charge in [0.2, 0.25) is 0 Å². The molecule has 0 bridgehead atoms. The lowest BCUT2D eigenvalue weighted by Gasteiger charge is -2.08. The summed E-state index contributed by atoms with van der Waals surface area (Å²) in [6, 6.07) is 0. The second kappa shape index (κ2) is 31.4. The Morgan fingerprint density at radius 3 is 1.03 bits per heavy atom. The molecule has 0 atom stereocenters. The highest BCUT2D eigenvalue weighted by Gasteiger charge is 1.97. The molecule has 0 aliphatic carbocycles. The molecule has 0 aromatic heterocycles. The molecule has 200 valence electrons. The zero-order chi connectivity index (χ0) is 24.8. The molecule has 0 spiro atoms. The first-order valence-corrected chi connectivity index (χ1v) is 14.9. The molecule has 0 heterocycles. The van der Waals surface area contributed by atoms with Crippen molar-refractivity contribution in [1.29, 1.82) is 0 Å². The van der Waals surface area contributed by atoms with E-state index >= 15 is 0 Å². The summed E-state index contributed by atoms with van der Waals surface area (Å²) in [6.07, 6.45) is 31.6. The maximum absolute atomic E-state index is 10.3. The summed E-state index contributed by atoms with van der Waals surface area (Å²) in [5.41, 5.74) is 0. The van der Waals surface area contributed by atoms with Crippen LogP contribution in [0.4, 0.5) is 0 Å². The molecule has 0 aromatic carbocycles. The molecular weight excluding hydrogens is 406 g/mol. The molecule has 3 heteroatoms. The monoisotopic (exact) mass is 469 g/mol. The molecule has 0 aliphatic heterocycles. The predicted molar refractivity (Wildman–Crippen MR) is 148 cm³/mol. The van der Waals surface area contributed by atoms with Crippen LogP contribution in [0.3, 0.4) is 0 Å². The van der Waals surface area contributed by atoms with Gasteiger partial charge in [0.1, 0.15) is 0 Å².